The van der Waals surface area contributed by atoms with E-state index in [0.717, 1.165) is 5.69 Å². The molecular weight excluding hydrogens is 358 g/mol. The van der Waals surface area contributed by atoms with E-state index in [2.05, 4.69) is 15.2 Å². The highest BCUT2D eigenvalue weighted by atomic mass is 35.5. The van der Waals surface area contributed by atoms with Gasteiger partial charge in [-0.2, -0.15) is 0 Å². The number of hydrogen-bond donors (Lipinski definition) is 0. The van der Waals surface area contributed by atoms with Crippen LogP contribution in [0.4, 0.5) is 0 Å². The Hall–Kier alpha value is -2.64. The molecule has 0 amide bonds. The lowest BCUT2D eigenvalue weighted by atomic mass is 10.3. The normalized spacial score (nSPS) is 11.1. The molecule has 0 aliphatic carbocycles. The topological polar surface area (TPSA) is 65.1 Å². The summed E-state index contributed by atoms with van der Waals surface area (Å²) in [6.45, 7) is 0. The lowest BCUT2D eigenvalue weighted by molar-refractivity contribution is 0.882. The Morgan fingerprint density at radius 1 is 1.12 bits per heavy atom. The van der Waals surface area contributed by atoms with Gasteiger partial charge < -0.3 is 0 Å². The molecule has 0 saturated carbocycles. The average molecular weight is 370 g/mol. The molecule has 0 aliphatic rings. The third-order valence-electron chi connectivity index (χ3n) is 3.58. The molecule has 8 heteroatoms. The van der Waals surface area contributed by atoms with Crippen LogP contribution >= 0.6 is 23.4 Å². The van der Waals surface area contributed by atoms with E-state index in [1.807, 2.05) is 41.0 Å². The second-order valence-corrected chi connectivity index (χ2v) is 6.65. The molecule has 0 atom stereocenters. The van der Waals surface area contributed by atoms with Crippen molar-refractivity contribution in [2.45, 2.75) is 10.9 Å². The van der Waals surface area contributed by atoms with Gasteiger partial charge in [0, 0.05) is 23.0 Å². The van der Waals surface area contributed by atoms with Crippen LogP contribution in [0.1, 0.15) is 5.69 Å². The van der Waals surface area contributed by atoms with E-state index in [-0.39, 0.29) is 5.56 Å². The van der Waals surface area contributed by atoms with Gasteiger partial charge in [0.15, 0.2) is 5.16 Å². The Morgan fingerprint density at radius 2 is 2.04 bits per heavy atom. The molecule has 25 heavy (non-hydrogen) atoms. The SMILES string of the molecule is O=c1cc(CSc2nncn2-c2cccc(Cl)c2)nc2ccccn12. The highest BCUT2D eigenvalue weighted by Gasteiger charge is 2.09. The van der Waals surface area contributed by atoms with Crippen LogP contribution in [0.3, 0.4) is 0 Å². The van der Waals surface area contributed by atoms with Gasteiger partial charge >= 0.3 is 0 Å². The van der Waals surface area contributed by atoms with E-state index in [9.17, 15) is 4.79 Å². The second-order valence-electron chi connectivity index (χ2n) is 5.27. The number of fused-ring (bicyclic) bond motifs is 1. The van der Waals surface area contributed by atoms with Gasteiger partial charge in [-0.1, -0.05) is 35.5 Å². The van der Waals surface area contributed by atoms with Crippen LogP contribution in [-0.4, -0.2) is 24.1 Å². The summed E-state index contributed by atoms with van der Waals surface area (Å²) in [6.07, 6.45) is 3.34. The van der Waals surface area contributed by atoms with Crippen molar-refractivity contribution in [3.05, 3.63) is 82.1 Å². The smallest absolute Gasteiger partial charge is 0.258 e. The molecule has 0 fully saturated rings. The molecule has 0 saturated heterocycles. The van der Waals surface area contributed by atoms with Crippen molar-refractivity contribution in [3.63, 3.8) is 0 Å². The van der Waals surface area contributed by atoms with Crippen LogP contribution in [0.5, 0.6) is 0 Å². The van der Waals surface area contributed by atoms with Crippen molar-refractivity contribution in [2.24, 2.45) is 0 Å². The Morgan fingerprint density at radius 3 is 2.92 bits per heavy atom. The zero-order chi connectivity index (χ0) is 17.2. The Bertz CT molecular complexity index is 1110. The predicted molar refractivity (Wildman–Crippen MR) is 97.4 cm³/mol. The summed E-state index contributed by atoms with van der Waals surface area (Å²) in [5.41, 5.74) is 2.10. The fourth-order valence-corrected chi connectivity index (χ4v) is 3.45. The lowest BCUT2D eigenvalue weighted by Gasteiger charge is -2.07. The van der Waals surface area contributed by atoms with E-state index in [0.29, 0.717) is 27.3 Å². The lowest BCUT2D eigenvalue weighted by Crippen LogP contribution is -2.14. The summed E-state index contributed by atoms with van der Waals surface area (Å²) in [7, 11) is 0. The number of aromatic nitrogens is 5. The van der Waals surface area contributed by atoms with Crippen molar-refractivity contribution < 1.29 is 0 Å². The highest BCUT2D eigenvalue weighted by Crippen LogP contribution is 2.23. The molecule has 124 valence electrons. The third-order valence-corrected chi connectivity index (χ3v) is 4.79. The van der Waals surface area contributed by atoms with Gasteiger partial charge in [-0.25, -0.2) is 4.98 Å². The van der Waals surface area contributed by atoms with Crippen LogP contribution in [-0.2, 0) is 5.75 Å². The first kappa shape index (κ1) is 15.9. The van der Waals surface area contributed by atoms with E-state index in [1.54, 1.807) is 24.7 Å². The molecule has 0 spiro atoms. The minimum Gasteiger partial charge on any atom is -0.277 e. The Kier molecular flexibility index (Phi) is 4.25. The maximum atomic E-state index is 12.2. The fraction of sp³-hybridized carbons (Fsp3) is 0.0588. The summed E-state index contributed by atoms with van der Waals surface area (Å²) >= 11 is 7.51. The van der Waals surface area contributed by atoms with Gasteiger partial charge in [0.2, 0.25) is 0 Å². The predicted octanol–water partition coefficient (Wildman–Crippen LogP) is 3.22. The molecular formula is C17H12ClN5OS. The standard InChI is InChI=1S/C17H12ClN5OS/c18-12-4-3-5-14(8-12)23-11-19-21-17(23)25-10-13-9-16(24)22-7-2-1-6-15(22)20-13/h1-9,11H,10H2. The molecule has 3 aromatic heterocycles. The number of rotatable bonds is 4. The summed E-state index contributed by atoms with van der Waals surface area (Å²) in [4.78, 5) is 16.7. The van der Waals surface area contributed by atoms with Crippen LogP contribution in [0.25, 0.3) is 11.3 Å². The maximum absolute atomic E-state index is 12.2. The van der Waals surface area contributed by atoms with Crippen molar-refractivity contribution in [3.8, 4) is 5.69 Å². The van der Waals surface area contributed by atoms with Crippen molar-refractivity contribution in [1.29, 1.82) is 0 Å². The quantitative estimate of drug-likeness (QED) is 0.517. The third kappa shape index (κ3) is 3.29. The number of thioether (sulfide) groups is 1. The van der Waals surface area contributed by atoms with Crippen molar-refractivity contribution in [1.82, 2.24) is 24.1 Å². The van der Waals surface area contributed by atoms with E-state index in [4.69, 9.17) is 11.6 Å². The largest absolute Gasteiger partial charge is 0.277 e. The number of benzene rings is 1. The molecule has 3 heterocycles. The zero-order valence-corrected chi connectivity index (χ0v) is 14.5. The molecule has 0 radical (unpaired) electrons. The first-order chi connectivity index (χ1) is 12.2. The van der Waals surface area contributed by atoms with Gasteiger partial charge in [-0.15, -0.1) is 10.2 Å². The number of pyridine rings is 1. The molecule has 0 aliphatic heterocycles. The monoisotopic (exact) mass is 369 g/mol. The highest BCUT2D eigenvalue weighted by molar-refractivity contribution is 7.98. The van der Waals surface area contributed by atoms with Gasteiger partial charge in [0.05, 0.1) is 11.4 Å². The van der Waals surface area contributed by atoms with Crippen LogP contribution in [0.2, 0.25) is 5.02 Å². The molecule has 6 nitrogen and oxygen atoms in total. The molecule has 4 rings (SSSR count). The molecule has 0 unspecified atom stereocenters. The van der Waals surface area contributed by atoms with E-state index >= 15 is 0 Å². The minimum absolute atomic E-state index is 0.0995. The maximum Gasteiger partial charge on any atom is 0.258 e. The summed E-state index contributed by atoms with van der Waals surface area (Å²) < 4.78 is 3.37. The van der Waals surface area contributed by atoms with E-state index < -0.39 is 0 Å². The van der Waals surface area contributed by atoms with Gasteiger partial charge in [0.1, 0.15) is 12.0 Å². The van der Waals surface area contributed by atoms with Gasteiger partial charge in [-0.3, -0.25) is 13.8 Å². The molecule has 1 aromatic carbocycles. The summed E-state index contributed by atoms with van der Waals surface area (Å²) in [6, 6.07) is 14.5. The molecule has 4 aromatic rings. The van der Waals surface area contributed by atoms with Crippen molar-refractivity contribution in [2.75, 3.05) is 0 Å². The van der Waals surface area contributed by atoms with Gasteiger partial charge in [-0.05, 0) is 30.3 Å². The average Bonchev–Trinajstić information content (AvgIpc) is 3.09. The van der Waals surface area contributed by atoms with Crippen LogP contribution < -0.4 is 5.56 Å². The number of nitrogens with zero attached hydrogens (tertiary/aromatic N) is 5. The van der Waals surface area contributed by atoms with Crippen LogP contribution in [0.15, 0.2) is 71.0 Å². The molecule has 0 N–H and O–H groups in total. The Labute approximate surface area is 152 Å². The fourth-order valence-electron chi connectivity index (χ4n) is 2.44. The molecule has 0 bridgehead atoms. The number of hydrogen-bond acceptors (Lipinski definition) is 5. The van der Waals surface area contributed by atoms with Crippen LogP contribution in [0, 0.1) is 0 Å². The van der Waals surface area contributed by atoms with Gasteiger partial charge in [0.25, 0.3) is 5.56 Å². The zero-order valence-electron chi connectivity index (χ0n) is 12.9. The minimum atomic E-state index is -0.0995. The number of halogens is 1. The first-order valence-electron chi connectivity index (χ1n) is 7.47. The summed E-state index contributed by atoms with van der Waals surface area (Å²) in [5.74, 6) is 0.514. The first-order valence-corrected chi connectivity index (χ1v) is 8.83. The Balaban J connectivity index is 1.61. The second kappa shape index (κ2) is 6.70. The summed E-state index contributed by atoms with van der Waals surface area (Å²) in [5, 5.41) is 9.47. The van der Waals surface area contributed by atoms with Crippen molar-refractivity contribution >= 4 is 29.0 Å². The van der Waals surface area contributed by atoms with E-state index in [1.165, 1.54) is 16.2 Å².